The zero-order valence-electron chi connectivity index (χ0n) is 17.0. The lowest BCUT2D eigenvalue weighted by Gasteiger charge is -2.42. The molecule has 1 saturated heterocycles. The Labute approximate surface area is 178 Å². The quantitative estimate of drug-likeness (QED) is 0.649. The third-order valence-electron chi connectivity index (χ3n) is 6.09. The summed E-state index contributed by atoms with van der Waals surface area (Å²) in [6, 6.07) is 13.2. The monoisotopic (exact) mass is 421 g/mol. The molecule has 5 rings (SSSR count). The van der Waals surface area contributed by atoms with Crippen LogP contribution in [0.25, 0.3) is 10.6 Å². The molecule has 0 radical (unpaired) electrons. The molecule has 154 valence electrons. The van der Waals surface area contributed by atoms with Gasteiger partial charge >= 0.3 is 0 Å². The highest BCUT2D eigenvalue weighted by Gasteiger charge is 2.37. The fourth-order valence-electron chi connectivity index (χ4n) is 4.66. The number of benzene rings is 1. The number of rotatable bonds is 3. The van der Waals surface area contributed by atoms with Crippen LogP contribution >= 0.6 is 11.3 Å². The summed E-state index contributed by atoms with van der Waals surface area (Å²) in [4.78, 5) is 32.9. The van der Waals surface area contributed by atoms with Crippen molar-refractivity contribution < 1.29 is 9.53 Å². The van der Waals surface area contributed by atoms with E-state index in [1.54, 1.807) is 13.2 Å². The Morgan fingerprint density at radius 1 is 1.13 bits per heavy atom. The Kier molecular flexibility index (Phi) is 4.70. The summed E-state index contributed by atoms with van der Waals surface area (Å²) in [6.07, 6.45) is 1.03. The molecule has 0 N–H and O–H groups in total. The lowest BCUT2D eigenvalue weighted by Crippen LogP contribution is -2.49. The fourth-order valence-corrected chi connectivity index (χ4v) is 5.70. The highest BCUT2D eigenvalue weighted by Crippen LogP contribution is 2.37. The number of thiazole rings is 1. The van der Waals surface area contributed by atoms with E-state index in [-0.39, 0.29) is 17.4 Å². The van der Waals surface area contributed by atoms with Gasteiger partial charge in [0.2, 0.25) is 0 Å². The molecule has 2 aromatic heterocycles. The number of fused-ring (bicyclic) bond motifs is 4. The van der Waals surface area contributed by atoms with Gasteiger partial charge in [-0.05, 0) is 49.6 Å². The third-order valence-corrected chi connectivity index (χ3v) is 7.29. The number of ether oxygens (including phenoxy) is 1. The number of likely N-dealkylation sites (tertiary alicyclic amines) is 1. The van der Waals surface area contributed by atoms with E-state index in [0.717, 1.165) is 34.1 Å². The molecule has 30 heavy (non-hydrogen) atoms. The van der Waals surface area contributed by atoms with E-state index < -0.39 is 0 Å². The molecule has 2 atom stereocenters. The lowest BCUT2D eigenvalue weighted by atomic mass is 9.83. The molecular formula is C23H23N3O3S. The van der Waals surface area contributed by atoms with Gasteiger partial charge in [0.25, 0.3) is 11.5 Å². The van der Waals surface area contributed by atoms with Gasteiger partial charge in [-0.25, -0.2) is 4.98 Å². The Morgan fingerprint density at radius 3 is 2.70 bits per heavy atom. The number of piperidine rings is 1. The number of carbonyl (C=O) groups excluding carboxylic acids is 1. The molecule has 0 aliphatic carbocycles. The van der Waals surface area contributed by atoms with Crippen LogP contribution in [0.2, 0.25) is 0 Å². The molecule has 2 aliphatic heterocycles. The first-order valence-corrected chi connectivity index (χ1v) is 11.0. The molecule has 1 amide bonds. The normalized spacial score (nSPS) is 20.0. The Morgan fingerprint density at radius 2 is 1.93 bits per heavy atom. The van der Waals surface area contributed by atoms with Crippen molar-refractivity contribution in [2.75, 3.05) is 20.2 Å². The smallest absolute Gasteiger partial charge is 0.265 e. The van der Waals surface area contributed by atoms with Crippen molar-refractivity contribution in [3.63, 3.8) is 0 Å². The minimum Gasteiger partial charge on any atom is -0.497 e. The first-order chi connectivity index (χ1) is 14.5. The summed E-state index contributed by atoms with van der Waals surface area (Å²) >= 11 is 1.45. The van der Waals surface area contributed by atoms with Gasteiger partial charge in [0.1, 0.15) is 15.6 Å². The van der Waals surface area contributed by atoms with Gasteiger partial charge in [-0.1, -0.05) is 6.07 Å². The van der Waals surface area contributed by atoms with Crippen LogP contribution in [0.5, 0.6) is 5.75 Å². The molecule has 0 spiro atoms. The molecule has 2 unspecified atom stereocenters. The summed E-state index contributed by atoms with van der Waals surface area (Å²) < 4.78 is 7.11. The van der Waals surface area contributed by atoms with Crippen LogP contribution in [0.4, 0.5) is 0 Å². The van der Waals surface area contributed by atoms with Crippen LogP contribution in [0.3, 0.4) is 0 Å². The van der Waals surface area contributed by atoms with Crippen molar-refractivity contribution in [3.8, 4) is 16.3 Å². The molecule has 2 aliphatic rings. The van der Waals surface area contributed by atoms with Crippen molar-refractivity contribution >= 4 is 17.2 Å². The Bertz CT molecular complexity index is 1170. The van der Waals surface area contributed by atoms with Gasteiger partial charge < -0.3 is 14.2 Å². The molecular weight excluding hydrogens is 398 g/mol. The van der Waals surface area contributed by atoms with Gasteiger partial charge in [0.15, 0.2) is 0 Å². The van der Waals surface area contributed by atoms with E-state index in [1.807, 2.05) is 52.8 Å². The minimum absolute atomic E-state index is 0.0474. The van der Waals surface area contributed by atoms with Gasteiger partial charge in [-0.15, -0.1) is 11.3 Å². The maximum absolute atomic E-state index is 13.4. The highest BCUT2D eigenvalue weighted by atomic mass is 32.1. The second-order valence-electron chi connectivity index (χ2n) is 8.07. The minimum atomic E-state index is 0.0474. The molecule has 0 saturated carbocycles. The molecule has 1 aromatic carbocycles. The Hall–Kier alpha value is -2.93. The summed E-state index contributed by atoms with van der Waals surface area (Å²) in [6.45, 7) is 3.92. The number of pyridine rings is 1. The molecule has 4 heterocycles. The van der Waals surface area contributed by atoms with E-state index in [9.17, 15) is 9.59 Å². The van der Waals surface area contributed by atoms with Crippen LogP contribution in [-0.4, -0.2) is 40.6 Å². The average Bonchev–Trinajstić information content (AvgIpc) is 3.15. The summed E-state index contributed by atoms with van der Waals surface area (Å²) in [7, 11) is 1.64. The van der Waals surface area contributed by atoms with Crippen molar-refractivity contribution in [2.45, 2.75) is 25.8 Å². The Balaban J connectivity index is 1.40. The second kappa shape index (κ2) is 7.40. The SMILES string of the molecule is COc1ccc(-c2nc(C)c(C(=O)N3CC4CC(C3)c3cccc(=O)n3C4)s2)cc1. The molecule has 2 bridgehead atoms. The van der Waals surface area contributed by atoms with Gasteiger partial charge in [0, 0.05) is 42.9 Å². The molecule has 7 heteroatoms. The van der Waals surface area contributed by atoms with Crippen LogP contribution in [-0.2, 0) is 6.54 Å². The van der Waals surface area contributed by atoms with Crippen molar-refractivity contribution in [1.82, 2.24) is 14.5 Å². The predicted octanol–water partition coefficient (Wildman–Crippen LogP) is 3.55. The number of carbonyl (C=O) groups is 1. The topological polar surface area (TPSA) is 64.4 Å². The van der Waals surface area contributed by atoms with E-state index in [0.29, 0.717) is 30.4 Å². The van der Waals surface area contributed by atoms with Crippen molar-refractivity contribution in [3.05, 3.63) is 69.1 Å². The lowest BCUT2D eigenvalue weighted by molar-refractivity contribution is 0.0598. The number of methoxy groups -OCH3 is 1. The fraction of sp³-hybridized carbons (Fsp3) is 0.348. The summed E-state index contributed by atoms with van der Waals surface area (Å²) in [5.74, 6) is 1.37. The van der Waals surface area contributed by atoms with E-state index in [2.05, 4.69) is 4.98 Å². The first kappa shape index (κ1) is 19.1. The predicted molar refractivity (Wildman–Crippen MR) is 116 cm³/mol. The standard InChI is InChI=1S/C23H23N3O3S/c1-14-21(30-22(24-14)16-6-8-18(29-2)9-7-16)23(28)25-11-15-10-17(13-25)19-4-3-5-20(27)26(19)12-15/h3-9,15,17H,10-13H2,1-2H3. The van der Waals surface area contributed by atoms with Crippen molar-refractivity contribution in [1.29, 1.82) is 0 Å². The van der Waals surface area contributed by atoms with Gasteiger partial charge in [0.05, 0.1) is 12.8 Å². The number of nitrogens with zero attached hydrogens (tertiary/aromatic N) is 3. The van der Waals surface area contributed by atoms with Gasteiger partial charge in [-0.3, -0.25) is 9.59 Å². The van der Waals surface area contributed by atoms with Crippen LogP contribution < -0.4 is 10.3 Å². The largest absolute Gasteiger partial charge is 0.497 e. The van der Waals surface area contributed by atoms with Gasteiger partial charge in [-0.2, -0.15) is 0 Å². The second-order valence-corrected chi connectivity index (χ2v) is 9.07. The highest BCUT2D eigenvalue weighted by molar-refractivity contribution is 7.17. The zero-order valence-corrected chi connectivity index (χ0v) is 17.8. The van der Waals surface area contributed by atoms with Crippen LogP contribution in [0.15, 0.2) is 47.3 Å². The average molecular weight is 422 g/mol. The number of hydrogen-bond donors (Lipinski definition) is 0. The number of aromatic nitrogens is 2. The molecule has 3 aromatic rings. The summed E-state index contributed by atoms with van der Waals surface area (Å²) in [5.41, 5.74) is 2.86. The maximum atomic E-state index is 13.4. The third kappa shape index (κ3) is 3.23. The first-order valence-electron chi connectivity index (χ1n) is 10.1. The van der Waals surface area contributed by atoms with E-state index in [1.165, 1.54) is 11.3 Å². The van der Waals surface area contributed by atoms with E-state index in [4.69, 9.17) is 4.74 Å². The molecule has 6 nitrogen and oxygen atoms in total. The van der Waals surface area contributed by atoms with Crippen LogP contribution in [0, 0.1) is 12.8 Å². The number of amides is 1. The number of hydrogen-bond acceptors (Lipinski definition) is 5. The van der Waals surface area contributed by atoms with Crippen molar-refractivity contribution in [2.24, 2.45) is 5.92 Å². The maximum Gasteiger partial charge on any atom is 0.265 e. The zero-order chi connectivity index (χ0) is 20.8. The number of aryl methyl sites for hydroxylation is 1. The van der Waals surface area contributed by atoms with E-state index >= 15 is 0 Å². The van der Waals surface area contributed by atoms with Crippen LogP contribution in [0.1, 0.15) is 33.4 Å². The molecule has 1 fully saturated rings. The summed E-state index contributed by atoms with van der Waals surface area (Å²) in [5, 5.41) is 0.840.